The first kappa shape index (κ1) is 12.5. The van der Waals surface area contributed by atoms with Crippen LogP contribution >= 0.6 is 0 Å². The lowest BCUT2D eigenvalue weighted by molar-refractivity contribution is 0.0951. The van der Waals surface area contributed by atoms with E-state index in [0.29, 0.717) is 24.4 Å². The highest BCUT2D eigenvalue weighted by Crippen LogP contribution is 2.24. The van der Waals surface area contributed by atoms with Gasteiger partial charge in [0.05, 0.1) is 12.7 Å². The summed E-state index contributed by atoms with van der Waals surface area (Å²) in [5.41, 5.74) is 7.90. The van der Waals surface area contributed by atoms with E-state index in [2.05, 4.69) is 5.32 Å². The topological polar surface area (TPSA) is 64.3 Å². The lowest BCUT2D eigenvalue weighted by atomic mass is 10.0. The van der Waals surface area contributed by atoms with Crippen LogP contribution in [-0.2, 0) is 0 Å². The Morgan fingerprint density at radius 3 is 2.69 bits per heavy atom. The number of nitrogens with one attached hydrogen (secondary N) is 1. The van der Waals surface area contributed by atoms with Gasteiger partial charge in [0.1, 0.15) is 5.75 Å². The van der Waals surface area contributed by atoms with Crippen molar-refractivity contribution in [3.05, 3.63) is 28.8 Å². The second kappa shape index (κ2) is 5.51. The van der Waals surface area contributed by atoms with E-state index < -0.39 is 0 Å². The summed E-state index contributed by atoms with van der Waals surface area (Å²) < 4.78 is 5.24. The summed E-state index contributed by atoms with van der Waals surface area (Å²) in [6.07, 6.45) is 0. The average molecular weight is 222 g/mol. The molecule has 0 atom stereocenters. The molecule has 0 spiro atoms. The SMILES string of the molecule is COc1c(C)cc(C)cc1C(=O)NCCN. The quantitative estimate of drug-likeness (QED) is 0.798. The van der Waals surface area contributed by atoms with E-state index in [9.17, 15) is 4.79 Å². The maximum absolute atomic E-state index is 11.8. The lowest BCUT2D eigenvalue weighted by Gasteiger charge is -2.12. The number of ether oxygens (including phenoxy) is 1. The monoisotopic (exact) mass is 222 g/mol. The first-order valence-electron chi connectivity index (χ1n) is 5.23. The minimum atomic E-state index is -0.144. The second-order valence-corrected chi connectivity index (χ2v) is 3.71. The molecule has 0 aromatic heterocycles. The molecule has 4 nitrogen and oxygen atoms in total. The summed E-state index contributed by atoms with van der Waals surface area (Å²) >= 11 is 0. The van der Waals surface area contributed by atoms with E-state index in [-0.39, 0.29) is 5.91 Å². The van der Waals surface area contributed by atoms with Crippen molar-refractivity contribution in [2.45, 2.75) is 13.8 Å². The van der Waals surface area contributed by atoms with E-state index in [1.165, 1.54) is 0 Å². The molecule has 0 radical (unpaired) electrons. The van der Waals surface area contributed by atoms with Crippen LogP contribution in [0.3, 0.4) is 0 Å². The van der Waals surface area contributed by atoms with E-state index in [1.807, 2.05) is 26.0 Å². The molecule has 0 saturated carbocycles. The van der Waals surface area contributed by atoms with E-state index in [4.69, 9.17) is 10.5 Å². The van der Waals surface area contributed by atoms with Crippen LogP contribution in [0.1, 0.15) is 21.5 Å². The van der Waals surface area contributed by atoms with Crippen molar-refractivity contribution in [2.24, 2.45) is 5.73 Å². The molecule has 0 bridgehead atoms. The number of hydrogen-bond donors (Lipinski definition) is 2. The molecule has 1 aromatic rings. The summed E-state index contributed by atoms with van der Waals surface area (Å²) in [5.74, 6) is 0.481. The van der Waals surface area contributed by atoms with Gasteiger partial charge in [0.25, 0.3) is 5.91 Å². The van der Waals surface area contributed by atoms with E-state index in [0.717, 1.165) is 11.1 Å². The predicted octanol–water partition coefficient (Wildman–Crippen LogP) is 1.00. The first-order valence-corrected chi connectivity index (χ1v) is 5.23. The van der Waals surface area contributed by atoms with E-state index in [1.54, 1.807) is 7.11 Å². The number of amides is 1. The summed E-state index contributed by atoms with van der Waals surface area (Å²) in [5, 5.41) is 2.73. The Labute approximate surface area is 95.8 Å². The molecule has 0 fully saturated rings. The second-order valence-electron chi connectivity index (χ2n) is 3.71. The fraction of sp³-hybridized carbons (Fsp3) is 0.417. The molecule has 1 rings (SSSR count). The Morgan fingerprint density at radius 1 is 1.44 bits per heavy atom. The van der Waals surface area contributed by atoms with Gasteiger partial charge >= 0.3 is 0 Å². The minimum Gasteiger partial charge on any atom is -0.496 e. The van der Waals surface area contributed by atoms with Crippen molar-refractivity contribution in [2.75, 3.05) is 20.2 Å². The van der Waals surface area contributed by atoms with Crippen LogP contribution in [0.5, 0.6) is 5.75 Å². The van der Waals surface area contributed by atoms with Gasteiger partial charge < -0.3 is 15.8 Å². The molecule has 0 unspecified atom stereocenters. The maximum Gasteiger partial charge on any atom is 0.255 e. The summed E-state index contributed by atoms with van der Waals surface area (Å²) in [4.78, 5) is 11.8. The summed E-state index contributed by atoms with van der Waals surface area (Å²) in [6, 6.07) is 3.80. The van der Waals surface area contributed by atoms with Crippen LogP contribution < -0.4 is 15.8 Å². The van der Waals surface area contributed by atoms with Gasteiger partial charge in [0.15, 0.2) is 0 Å². The standard InChI is InChI=1S/C12H18N2O2/c1-8-6-9(2)11(16-3)10(7-8)12(15)14-5-4-13/h6-7H,4-5,13H2,1-3H3,(H,14,15). The van der Waals surface area contributed by atoms with Gasteiger partial charge in [-0.2, -0.15) is 0 Å². The zero-order valence-electron chi connectivity index (χ0n) is 9.96. The molecule has 0 aliphatic heterocycles. The Morgan fingerprint density at radius 2 is 2.12 bits per heavy atom. The number of aryl methyl sites for hydroxylation is 2. The number of hydrogen-bond acceptors (Lipinski definition) is 3. The van der Waals surface area contributed by atoms with Gasteiger partial charge in [-0.3, -0.25) is 4.79 Å². The molecular weight excluding hydrogens is 204 g/mol. The zero-order chi connectivity index (χ0) is 12.1. The molecule has 1 amide bonds. The van der Waals surface area contributed by atoms with Crippen molar-refractivity contribution >= 4 is 5.91 Å². The fourth-order valence-corrected chi connectivity index (χ4v) is 1.67. The average Bonchev–Trinajstić information content (AvgIpc) is 2.24. The normalized spacial score (nSPS) is 10.0. The highest BCUT2D eigenvalue weighted by atomic mass is 16.5. The summed E-state index contributed by atoms with van der Waals surface area (Å²) in [6.45, 7) is 4.77. The van der Waals surface area contributed by atoms with Crippen LogP contribution in [0, 0.1) is 13.8 Å². The molecule has 0 aliphatic rings. The van der Waals surface area contributed by atoms with Crippen LogP contribution in [0.15, 0.2) is 12.1 Å². The van der Waals surface area contributed by atoms with Crippen molar-refractivity contribution in [1.29, 1.82) is 0 Å². The molecule has 1 aromatic carbocycles. The molecule has 88 valence electrons. The van der Waals surface area contributed by atoms with Gasteiger partial charge in [0.2, 0.25) is 0 Å². The van der Waals surface area contributed by atoms with Crippen molar-refractivity contribution in [1.82, 2.24) is 5.32 Å². The Hall–Kier alpha value is -1.55. The number of benzene rings is 1. The third-order valence-corrected chi connectivity index (χ3v) is 2.30. The number of rotatable bonds is 4. The van der Waals surface area contributed by atoms with E-state index >= 15 is 0 Å². The highest BCUT2D eigenvalue weighted by Gasteiger charge is 2.14. The maximum atomic E-state index is 11.8. The fourth-order valence-electron chi connectivity index (χ4n) is 1.67. The van der Waals surface area contributed by atoms with Crippen LogP contribution in [0.2, 0.25) is 0 Å². The largest absolute Gasteiger partial charge is 0.496 e. The minimum absolute atomic E-state index is 0.144. The van der Waals surface area contributed by atoms with Gasteiger partial charge in [-0.25, -0.2) is 0 Å². The lowest BCUT2D eigenvalue weighted by Crippen LogP contribution is -2.29. The number of carbonyl (C=O) groups excluding carboxylic acids is 1. The van der Waals surface area contributed by atoms with Crippen LogP contribution in [-0.4, -0.2) is 26.1 Å². The highest BCUT2D eigenvalue weighted by molar-refractivity contribution is 5.97. The molecule has 4 heteroatoms. The smallest absolute Gasteiger partial charge is 0.255 e. The van der Waals surface area contributed by atoms with Gasteiger partial charge in [0, 0.05) is 13.1 Å². The number of nitrogens with two attached hydrogens (primary N) is 1. The van der Waals surface area contributed by atoms with Crippen molar-refractivity contribution in [3.8, 4) is 5.75 Å². The Bertz CT molecular complexity index is 389. The summed E-state index contributed by atoms with van der Waals surface area (Å²) in [7, 11) is 1.57. The zero-order valence-corrected chi connectivity index (χ0v) is 9.96. The molecule has 3 N–H and O–H groups in total. The molecule has 0 aliphatic carbocycles. The Balaban J connectivity index is 3.05. The number of carbonyl (C=O) groups is 1. The number of methoxy groups -OCH3 is 1. The molecule has 0 heterocycles. The third kappa shape index (κ3) is 2.73. The van der Waals surface area contributed by atoms with Crippen molar-refractivity contribution in [3.63, 3.8) is 0 Å². The third-order valence-electron chi connectivity index (χ3n) is 2.30. The van der Waals surface area contributed by atoms with Crippen molar-refractivity contribution < 1.29 is 9.53 Å². The van der Waals surface area contributed by atoms with Gasteiger partial charge in [-0.1, -0.05) is 6.07 Å². The van der Waals surface area contributed by atoms with Crippen LogP contribution in [0.4, 0.5) is 0 Å². The Kier molecular flexibility index (Phi) is 4.31. The molecular formula is C12H18N2O2. The van der Waals surface area contributed by atoms with Gasteiger partial charge in [-0.05, 0) is 31.0 Å². The van der Waals surface area contributed by atoms with Gasteiger partial charge in [-0.15, -0.1) is 0 Å². The predicted molar refractivity (Wildman–Crippen MR) is 63.9 cm³/mol. The molecule has 16 heavy (non-hydrogen) atoms. The molecule has 0 saturated heterocycles. The van der Waals surface area contributed by atoms with Crippen LogP contribution in [0.25, 0.3) is 0 Å². The first-order chi connectivity index (χ1) is 7.60.